The molecule has 0 fully saturated rings. The quantitative estimate of drug-likeness (QED) is 0.445. The Hall–Kier alpha value is -3.17. The Morgan fingerprint density at radius 3 is 2.53 bits per heavy atom. The number of halogens is 3. The fourth-order valence-electron chi connectivity index (χ4n) is 2.98. The van der Waals surface area contributed by atoms with Crippen LogP contribution in [0.4, 0.5) is 18.9 Å². The fraction of sp³-hybridized carbons (Fsp3) is 0.304. The van der Waals surface area contributed by atoms with Crippen LogP contribution >= 0.6 is 0 Å². The summed E-state index contributed by atoms with van der Waals surface area (Å²) in [4.78, 5) is 17.2. The summed E-state index contributed by atoms with van der Waals surface area (Å²) in [7, 11) is 0. The number of nitrogens with one attached hydrogen (secondary N) is 1. The van der Waals surface area contributed by atoms with Gasteiger partial charge in [-0.2, -0.15) is 13.2 Å². The van der Waals surface area contributed by atoms with E-state index in [9.17, 15) is 18.0 Å². The molecule has 0 unspecified atom stereocenters. The van der Waals surface area contributed by atoms with Gasteiger partial charge in [0.2, 0.25) is 0 Å². The molecule has 1 amide bonds. The first-order valence-corrected chi connectivity index (χ1v) is 10.0. The highest BCUT2D eigenvalue weighted by Crippen LogP contribution is 2.33. The molecule has 170 valence electrons. The summed E-state index contributed by atoms with van der Waals surface area (Å²) in [5.74, 6) is -0.710. The van der Waals surface area contributed by atoms with Crippen molar-refractivity contribution in [2.75, 3.05) is 38.4 Å². The van der Waals surface area contributed by atoms with Crippen LogP contribution < -0.4 is 10.1 Å². The molecule has 0 saturated heterocycles. The van der Waals surface area contributed by atoms with Crippen LogP contribution in [0.3, 0.4) is 0 Å². The maximum absolute atomic E-state index is 13.2. The first kappa shape index (κ1) is 23.5. The number of aromatic nitrogens is 1. The Morgan fingerprint density at radius 1 is 1.00 bits per heavy atom. The third kappa shape index (κ3) is 6.18. The molecule has 0 atom stereocenters. The summed E-state index contributed by atoms with van der Waals surface area (Å²) < 4.78 is 55.8. The first-order valence-electron chi connectivity index (χ1n) is 10.0. The molecule has 9 heteroatoms. The van der Waals surface area contributed by atoms with Crippen LogP contribution in [-0.2, 0) is 15.7 Å². The van der Waals surface area contributed by atoms with Crippen molar-refractivity contribution in [3.8, 4) is 5.75 Å². The van der Waals surface area contributed by atoms with Crippen molar-refractivity contribution in [2.24, 2.45) is 0 Å². The largest absolute Gasteiger partial charge is 0.490 e. The minimum atomic E-state index is -4.60. The number of carbonyl (C=O) groups is 1. The van der Waals surface area contributed by atoms with Crippen LogP contribution in [0.5, 0.6) is 5.75 Å². The van der Waals surface area contributed by atoms with Crippen molar-refractivity contribution in [1.29, 1.82) is 0 Å². The number of carbonyl (C=O) groups excluding carboxylic acids is 1. The van der Waals surface area contributed by atoms with Crippen molar-refractivity contribution in [2.45, 2.75) is 13.1 Å². The predicted molar refractivity (Wildman–Crippen MR) is 114 cm³/mol. The van der Waals surface area contributed by atoms with E-state index in [0.717, 1.165) is 23.6 Å². The smallest absolute Gasteiger partial charge is 0.416 e. The summed E-state index contributed by atoms with van der Waals surface area (Å²) in [6.07, 6.45) is -3.03. The third-order valence-electron chi connectivity index (χ3n) is 4.49. The molecule has 0 saturated carbocycles. The summed E-state index contributed by atoms with van der Waals surface area (Å²) >= 11 is 0. The van der Waals surface area contributed by atoms with Crippen molar-refractivity contribution in [3.05, 3.63) is 65.9 Å². The van der Waals surface area contributed by atoms with Gasteiger partial charge in [-0.25, -0.2) is 0 Å². The minimum absolute atomic E-state index is 0.0251. The lowest BCUT2D eigenvalue weighted by Gasteiger charge is -2.15. The highest BCUT2D eigenvalue weighted by molar-refractivity contribution is 6.09. The van der Waals surface area contributed by atoms with E-state index in [4.69, 9.17) is 14.2 Å². The molecule has 1 heterocycles. The molecule has 32 heavy (non-hydrogen) atoms. The number of nitrogens with zero attached hydrogens (tertiary/aromatic N) is 1. The topological polar surface area (TPSA) is 69.7 Å². The number of fused-ring (bicyclic) bond motifs is 1. The molecule has 0 radical (unpaired) electrons. The van der Waals surface area contributed by atoms with E-state index in [1.165, 1.54) is 0 Å². The number of rotatable bonds is 10. The number of hydrogen-bond donors (Lipinski definition) is 1. The van der Waals surface area contributed by atoms with Crippen molar-refractivity contribution < 1.29 is 32.2 Å². The van der Waals surface area contributed by atoms with Gasteiger partial charge in [-0.3, -0.25) is 9.78 Å². The van der Waals surface area contributed by atoms with Crippen LogP contribution in [0.1, 0.15) is 22.8 Å². The molecule has 3 aromatic rings. The van der Waals surface area contributed by atoms with Gasteiger partial charge >= 0.3 is 6.18 Å². The molecule has 0 spiro atoms. The molecular formula is C23H23F3N2O4. The van der Waals surface area contributed by atoms with E-state index < -0.39 is 17.6 Å². The molecule has 3 rings (SSSR count). The summed E-state index contributed by atoms with van der Waals surface area (Å²) in [5.41, 5.74) is -0.266. The van der Waals surface area contributed by atoms with E-state index >= 15 is 0 Å². The lowest BCUT2D eigenvalue weighted by Crippen LogP contribution is -2.17. The van der Waals surface area contributed by atoms with Crippen molar-refractivity contribution >= 4 is 22.5 Å². The molecule has 0 aliphatic rings. The molecule has 0 aliphatic carbocycles. The summed E-state index contributed by atoms with van der Waals surface area (Å²) in [5, 5.41) is 3.44. The second kappa shape index (κ2) is 10.9. The SMILES string of the molecule is CCOCCOCCOc1ccc(C(F)(F)F)cc1C(=O)Nc1cccc2cccnc12. The van der Waals surface area contributed by atoms with E-state index in [1.807, 2.05) is 19.1 Å². The van der Waals surface area contributed by atoms with Gasteiger partial charge in [0, 0.05) is 18.2 Å². The Kier molecular flexibility index (Phi) is 8.02. The number of hydrogen-bond acceptors (Lipinski definition) is 5. The zero-order valence-corrected chi connectivity index (χ0v) is 17.4. The van der Waals surface area contributed by atoms with Crippen LogP contribution in [-0.4, -0.2) is 43.9 Å². The first-order chi connectivity index (χ1) is 15.4. The molecule has 0 bridgehead atoms. The molecule has 1 N–H and O–H groups in total. The zero-order chi connectivity index (χ0) is 23.0. The highest BCUT2D eigenvalue weighted by atomic mass is 19.4. The Labute approximate surface area is 183 Å². The van der Waals surface area contributed by atoms with E-state index in [1.54, 1.807) is 24.4 Å². The van der Waals surface area contributed by atoms with Gasteiger partial charge < -0.3 is 19.5 Å². The lowest BCUT2D eigenvalue weighted by atomic mass is 10.1. The normalized spacial score (nSPS) is 11.5. The Morgan fingerprint density at radius 2 is 1.75 bits per heavy atom. The van der Waals surface area contributed by atoms with Crippen molar-refractivity contribution in [3.63, 3.8) is 0 Å². The number of para-hydroxylation sites is 1. The van der Waals surface area contributed by atoms with Gasteiger partial charge in [0.1, 0.15) is 12.4 Å². The average Bonchev–Trinajstić information content (AvgIpc) is 2.78. The standard InChI is InChI=1S/C23H23F3N2O4/c1-2-30-11-12-31-13-14-32-20-9-8-17(23(24,25)26)15-18(20)22(29)28-19-7-3-5-16-6-4-10-27-21(16)19/h3-10,15H,2,11-14H2,1H3,(H,28,29). The van der Waals surface area contributed by atoms with E-state index in [-0.39, 0.29) is 24.5 Å². The molecule has 0 aliphatic heterocycles. The maximum atomic E-state index is 13.2. The Bertz CT molecular complexity index is 1050. The number of anilines is 1. The van der Waals surface area contributed by atoms with Crippen molar-refractivity contribution in [1.82, 2.24) is 4.98 Å². The predicted octanol–water partition coefficient (Wildman–Crippen LogP) is 4.94. The second-order valence-corrected chi connectivity index (χ2v) is 6.70. The number of alkyl halides is 3. The number of pyridine rings is 1. The molecule has 1 aromatic heterocycles. The molecule has 6 nitrogen and oxygen atoms in total. The molecular weight excluding hydrogens is 425 g/mol. The fourth-order valence-corrected chi connectivity index (χ4v) is 2.98. The van der Waals surface area contributed by atoms with Crippen LogP contribution in [0, 0.1) is 0 Å². The van der Waals surface area contributed by atoms with Gasteiger partial charge in [-0.15, -0.1) is 0 Å². The van der Waals surface area contributed by atoms with Gasteiger partial charge in [0.05, 0.1) is 42.2 Å². The number of benzene rings is 2. The third-order valence-corrected chi connectivity index (χ3v) is 4.49. The summed E-state index contributed by atoms with van der Waals surface area (Å²) in [6, 6.07) is 11.5. The van der Waals surface area contributed by atoms with Gasteiger partial charge in [0.15, 0.2) is 0 Å². The van der Waals surface area contributed by atoms with E-state index in [0.29, 0.717) is 31.0 Å². The van der Waals surface area contributed by atoms with Gasteiger partial charge in [-0.05, 0) is 37.3 Å². The van der Waals surface area contributed by atoms with E-state index in [2.05, 4.69) is 10.3 Å². The maximum Gasteiger partial charge on any atom is 0.416 e. The van der Waals surface area contributed by atoms with Crippen LogP contribution in [0.25, 0.3) is 10.9 Å². The highest BCUT2D eigenvalue weighted by Gasteiger charge is 2.32. The zero-order valence-electron chi connectivity index (χ0n) is 17.4. The van der Waals surface area contributed by atoms with Gasteiger partial charge in [-0.1, -0.05) is 18.2 Å². The average molecular weight is 448 g/mol. The van der Waals surface area contributed by atoms with Crippen LogP contribution in [0.15, 0.2) is 54.7 Å². The minimum Gasteiger partial charge on any atom is -0.490 e. The summed E-state index contributed by atoms with van der Waals surface area (Å²) in [6.45, 7) is 3.51. The monoisotopic (exact) mass is 448 g/mol. The molecule has 2 aromatic carbocycles. The van der Waals surface area contributed by atoms with Gasteiger partial charge in [0.25, 0.3) is 5.91 Å². The van der Waals surface area contributed by atoms with Crippen LogP contribution in [0.2, 0.25) is 0 Å². The number of amides is 1. The Balaban J connectivity index is 1.78. The second-order valence-electron chi connectivity index (χ2n) is 6.70. The number of ether oxygens (including phenoxy) is 3. The lowest BCUT2D eigenvalue weighted by molar-refractivity contribution is -0.137.